The van der Waals surface area contributed by atoms with E-state index >= 15 is 0 Å². The molecule has 182 valence electrons. The van der Waals surface area contributed by atoms with E-state index in [0.29, 0.717) is 39.3 Å². The second-order valence-corrected chi connectivity index (χ2v) is 9.13. The number of H-pyrrole nitrogens is 1. The van der Waals surface area contributed by atoms with E-state index in [4.69, 9.17) is 4.74 Å². The molecular weight excluding hydrogens is 470 g/mol. The molecule has 3 aromatic carbocycles. The molecular formula is C29H21N3O5. The van der Waals surface area contributed by atoms with Crippen LogP contribution in [0.3, 0.4) is 0 Å². The summed E-state index contributed by atoms with van der Waals surface area (Å²) in [5, 5.41) is 3.18. The molecule has 4 aromatic rings. The number of carbonyl (C=O) groups is 2. The van der Waals surface area contributed by atoms with Gasteiger partial charge in [-0.2, -0.15) is 0 Å². The Morgan fingerprint density at radius 3 is 2.41 bits per heavy atom. The summed E-state index contributed by atoms with van der Waals surface area (Å²) < 4.78 is 6.96. The van der Waals surface area contributed by atoms with Gasteiger partial charge < -0.3 is 10.1 Å². The third kappa shape index (κ3) is 3.53. The molecule has 1 aromatic heterocycles. The van der Waals surface area contributed by atoms with Gasteiger partial charge in [-0.3, -0.25) is 19.1 Å². The highest BCUT2D eigenvalue weighted by Crippen LogP contribution is 2.48. The van der Waals surface area contributed by atoms with Crippen LogP contribution in [0.1, 0.15) is 48.9 Å². The summed E-state index contributed by atoms with van der Waals surface area (Å²) in [6.45, 7) is 1.93. The number of carbonyl (C=O) groups excluding carboxylic acids is 2. The van der Waals surface area contributed by atoms with E-state index in [1.807, 2.05) is 31.2 Å². The van der Waals surface area contributed by atoms with Gasteiger partial charge in [-0.25, -0.2) is 9.59 Å². The number of fused-ring (bicyclic) bond motifs is 3. The molecule has 0 unspecified atom stereocenters. The standard InChI is InChI=1S/C29H21N3O5/c1-15-10-12-16(13-11-15)28(35)37-18-7-5-6-17(14-18)21-22-24(19-8-3-4-9-20(19)25(22)33)30-26-23(21)27(34)31-29(36)32(26)2/h3-14,21,30H,1-2H3,(H,31,34,36)/t21-/m1/s1. The normalized spacial score (nSPS) is 15.5. The Hall–Kier alpha value is -4.98. The van der Waals surface area contributed by atoms with E-state index in [1.165, 1.54) is 4.57 Å². The lowest BCUT2D eigenvalue weighted by atomic mass is 9.81. The molecule has 1 atom stereocenters. The Morgan fingerprint density at radius 1 is 0.919 bits per heavy atom. The molecule has 0 saturated carbocycles. The van der Waals surface area contributed by atoms with Gasteiger partial charge in [-0.1, -0.05) is 54.1 Å². The molecule has 8 heteroatoms. The predicted molar refractivity (Wildman–Crippen MR) is 138 cm³/mol. The number of allylic oxidation sites excluding steroid dienone is 1. The van der Waals surface area contributed by atoms with Crippen LogP contribution in [0.15, 0.2) is 88.0 Å². The lowest BCUT2D eigenvalue weighted by Crippen LogP contribution is -2.37. The Bertz CT molecular complexity index is 1780. The van der Waals surface area contributed by atoms with Crippen molar-refractivity contribution in [2.24, 2.45) is 7.05 Å². The van der Waals surface area contributed by atoms with Crippen molar-refractivity contribution in [1.82, 2.24) is 9.55 Å². The number of esters is 1. The van der Waals surface area contributed by atoms with Crippen molar-refractivity contribution in [3.8, 4) is 5.75 Å². The van der Waals surface area contributed by atoms with Gasteiger partial charge in [-0.05, 0) is 36.8 Å². The number of aryl methyl sites for hydroxylation is 1. The number of anilines is 1. The highest BCUT2D eigenvalue weighted by molar-refractivity contribution is 6.23. The summed E-state index contributed by atoms with van der Waals surface area (Å²) in [4.78, 5) is 54.2. The lowest BCUT2D eigenvalue weighted by Gasteiger charge is -2.29. The number of ether oxygens (including phenoxy) is 1. The SMILES string of the molecule is Cc1ccc(C(=O)Oc2cccc([C@@H]3C4=C(Nc5c3c(=O)[nH]c(=O)n5C)c3ccccc3C4=O)c2)cc1. The molecule has 0 radical (unpaired) electrons. The molecule has 0 spiro atoms. The van der Waals surface area contributed by atoms with Gasteiger partial charge in [0.15, 0.2) is 5.78 Å². The fourth-order valence-electron chi connectivity index (χ4n) is 4.98. The average Bonchev–Trinajstić information content (AvgIpc) is 3.18. The first kappa shape index (κ1) is 22.5. The number of hydrogen-bond donors (Lipinski definition) is 2. The van der Waals surface area contributed by atoms with E-state index in [9.17, 15) is 19.2 Å². The van der Waals surface area contributed by atoms with E-state index in [2.05, 4.69) is 10.3 Å². The van der Waals surface area contributed by atoms with Crippen LogP contribution in [0.2, 0.25) is 0 Å². The fraction of sp³-hybridized carbons (Fsp3) is 0.103. The van der Waals surface area contributed by atoms with Crippen molar-refractivity contribution in [1.29, 1.82) is 0 Å². The highest BCUT2D eigenvalue weighted by atomic mass is 16.5. The van der Waals surface area contributed by atoms with Crippen LogP contribution < -0.4 is 21.3 Å². The summed E-state index contributed by atoms with van der Waals surface area (Å²) in [6.07, 6.45) is 0. The third-order valence-electron chi connectivity index (χ3n) is 6.83. The number of rotatable bonds is 3. The van der Waals surface area contributed by atoms with Crippen LogP contribution in [0.25, 0.3) is 5.70 Å². The molecule has 2 heterocycles. The van der Waals surface area contributed by atoms with Crippen LogP contribution in [0.5, 0.6) is 5.75 Å². The number of nitrogens with one attached hydrogen (secondary N) is 2. The van der Waals surface area contributed by atoms with E-state index in [0.717, 1.165) is 5.56 Å². The van der Waals surface area contributed by atoms with Crippen molar-refractivity contribution in [2.45, 2.75) is 12.8 Å². The van der Waals surface area contributed by atoms with Crippen molar-refractivity contribution in [3.63, 3.8) is 0 Å². The molecule has 37 heavy (non-hydrogen) atoms. The molecule has 0 amide bonds. The largest absolute Gasteiger partial charge is 0.423 e. The first-order valence-electron chi connectivity index (χ1n) is 11.7. The molecule has 1 aliphatic carbocycles. The van der Waals surface area contributed by atoms with Crippen LogP contribution in [0.4, 0.5) is 5.82 Å². The maximum Gasteiger partial charge on any atom is 0.343 e. The maximum atomic E-state index is 13.6. The van der Waals surface area contributed by atoms with Crippen LogP contribution in [0, 0.1) is 6.92 Å². The van der Waals surface area contributed by atoms with Crippen LogP contribution in [-0.4, -0.2) is 21.3 Å². The molecule has 2 N–H and O–H groups in total. The van der Waals surface area contributed by atoms with E-state index in [1.54, 1.807) is 55.6 Å². The maximum absolute atomic E-state index is 13.6. The number of aromatic amines is 1. The quantitative estimate of drug-likeness (QED) is 0.334. The molecule has 8 nitrogen and oxygen atoms in total. The van der Waals surface area contributed by atoms with Gasteiger partial charge in [0, 0.05) is 29.7 Å². The van der Waals surface area contributed by atoms with Crippen molar-refractivity contribution >= 4 is 23.3 Å². The van der Waals surface area contributed by atoms with Gasteiger partial charge in [0.1, 0.15) is 11.6 Å². The predicted octanol–water partition coefficient (Wildman–Crippen LogP) is 3.77. The number of benzene rings is 3. The highest BCUT2D eigenvalue weighted by Gasteiger charge is 2.42. The van der Waals surface area contributed by atoms with Crippen molar-refractivity contribution < 1.29 is 14.3 Å². The number of Topliss-reactive ketones (excluding diaryl/α,β-unsaturated/α-hetero) is 1. The first-order valence-corrected chi connectivity index (χ1v) is 11.7. The monoisotopic (exact) mass is 491 g/mol. The zero-order valence-corrected chi connectivity index (χ0v) is 20.0. The third-order valence-corrected chi connectivity index (χ3v) is 6.83. The molecule has 0 fully saturated rings. The Kier molecular flexibility index (Phi) is 5.05. The minimum Gasteiger partial charge on any atom is -0.423 e. The topological polar surface area (TPSA) is 110 Å². The second-order valence-electron chi connectivity index (χ2n) is 9.13. The molecule has 6 rings (SSSR count). The second kappa shape index (κ2) is 8.30. The van der Waals surface area contributed by atoms with Gasteiger partial charge in [-0.15, -0.1) is 0 Å². The average molecular weight is 492 g/mol. The number of nitrogens with zero attached hydrogens (tertiary/aromatic N) is 1. The summed E-state index contributed by atoms with van der Waals surface area (Å²) in [7, 11) is 1.55. The summed E-state index contributed by atoms with van der Waals surface area (Å²) in [5.74, 6) is -0.935. The van der Waals surface area contributed by atoms with Crippen LogP contribution >= 0.6 is 0 Å². The number of aromatic nitrogens is 2. The summed E-state index contributed by atoms with van der Waals surface area (Å²) in [6, 6.07) is 21.0. The fourth-order valence-corrected chi connectivity index (χ4v) is 4.98. The zero-order valence-electron chi connectivity index (χ0n) is 20.0. The van der Waals surface area contributed by atoms with Crippen LogP contribution in [-0.2, 0) is 7.05 Å². The minimum atomic E-state index is -0.792. The Labute approximate surface area is 210 Å². The lowest BCUT2D eigenvalue weighted by molar-refractivity contribution is 0.0734. The Morgan fingerprint density at radius 2 is 1.65 bits per heavy atom. The smallest absolute Gasteiger partial charge is 0.343 e. The van der Waals surface area contributed by atoms with Gasteiger partial charge in [0.2, 0.25) is 0 Å². The molecule has 1 aliphatic heterocycles. The molecule has 2 aliphatic rings. The van der Waals surface area contributed by atoms with Gasteiger partial charge >= 0.3 is 11.7 Å². The van der Waals surface area contributed by atoms with Gasteiger partial charge in [0.05, 0.1) is 16.8 Å². The van der Waals surface area contributed by atoms with Crippen molar-refractivity contribution in [3.05, 3.63) is 133 Å². The molecule has 0 saturated heterocycles. The van der Waals surface area contributed by atoms with E-state index in [-0.39, 0.29) is 17.1 Å². The first-order chi connectivity index (χ1) is 17.8. The summed E-state index contributed by atoms with van der Waals surface area (Å²) in [5.41, 5.74) is 3.26. The minimum absolute atomic E-state index is 0.205. The van der Waals surface area contributed by atoms with Crippen molar-refractivity contribution in [2.75, 3.05) is 5.32 Å². The number of ketones is 1. The van der Waals surface area contributed by atoms with Gasteiger partial charge in [0.25, 0.3) is 5.56 Å². The number of hydrogen-bond acceptors (Lipinski definition) is 6. The van der Waals surface area contributed by atoms with E-state index < -0.39 is 23.1 Å². The molecule has 0 bridgehead atoms. The Balaban J connectivity index is 1.50. The zero-order chi connectivity index (χ0) is 25.8. The summed E-state index contributed by atoms with van der Waals surface area (Å²) >= 11 is 0.